The second-order valence-corrected chi connectivity index (χ2v) is 8.63. The number of rotatable bonds is 6. The van der Waals surface area contributed by atoms with Gasteiger partial charge in [0.2, 0.25) is 0 Å². The van der Waals surface area contributed by atoms with Crippen LogP contribution in [0.4, 0.5) is 5.69 Å². The normalized spacial score (nSPS) is 12.0. The van der Waals surface area contributed by atoms with Crippen molar-refractivity contribution in [1.29, 1.82) is 0 Å². The fourth-order valence-electron chi connectivity index (χ4n) is 3.17. The van der Waals surface area contributed by atoms with Crippen LogP contribution >= 0.6 is 7.92 Å². The quantitative estimate of drug-likeness (QED) is 0.488. The Bertz CT molecular complexity index is 1050. The first-order chi connectivity index (χ1) is 13.7. The van der Waals surface area contributed by atoms with E-state index in [1.807, 2.05) is 91.0 Å². The third kappa shape index (κ3) is 3.88. The molecule has 0 aliphatic carbocycles. The fraction of sp³-hybridized carbons (Fsp3) is 0.0435. The van der Waals surface area contributed by atoms with Crippen LogP contribution in [0.25, 0.3) is 10.9 Å². The summed E-state index contributed by atoms with van der Waals surface area (Å²) in [5, 5.41) is 16.3. The molecule has 0 saturated carbocycles. The van der Waals surface area contributed by atoms with E-state index in [1.54, 1.807) is 6.20 Å². The highest BCUT2D eigenvalue weighted by atomic mass is 31.1. The van der Waals surface area contributed by atoms with Gasteiger partial charge in [-0.3, -0.25) is 4.98 Å². The number of hydrogen-bond acceptors (Lipinski definition) is 3. The van der Waals surface area contributed by atoms with Crippen LogP contribution in [0.3, 0.4) is 0 Å². The average molecular weight is 386 g/mol. The number of pyridine rings is 1. The van der Waals surface area contributed by atoms with Crippen LogP contribution in [0.5, 0.6) is 0 Å². The molecule has 0 radical (unpaired) electrons. The molecule has 4 rings (SSSR count). The van der Waals surface area contributed by atoms with E-state index >= 15 is 0 Å². The van der Waals surface area contributed by atoms with Crippen molar-refractivity contribution in [2.45, 2.75) is 5.78 Å². The molecule has 0 spiro atoms. The van der Waals surface area contributed by atoms with Gasteiger partial charge in [0.25, 0.3) is 0 Å². The van der Waals surface area contributed by atoms with Gasteiger partial charge >= 0.3 is 5.97 Å². The second-order valence-electron chi connectivity index (χ2n) is 6.34. The Morgan fingerprint density at radius 2 is 1.43 bits per heavy atom. The third-order valence-electron chi connectivity index (χ3n) is 4.45. The lowest BCUT2D eigenvalue weighted by Crippen LogP contribution is -2.34. The zero-order chi connectivity index (χ0) is 19.3. The predicted octanol–water partition coefficient (Wildman–Crippen LogP) is 4.19. The van der Waals surface area contributed by atoms with E-state index in [-0.39, 0.29) is 0 Å². The summed E-state index contributed by atoms with van der Waals surface area (Å²) in [5.74, 6) is -1.66. The molecule has 1 heterocycles. The van der Waals surface area contributed by atoms with Crippen LogP contribution in [0.15, 0.2) is 97.2 Å². The van der Waals surface area contributed by atoms with Gasteiger partial charge in [0, 0.05) is 5.39 Å². The van der Waals surface area contributed by atoms with E-state index in [0.29, 0.717) is 5.69 Å². The van der Waals surface area contributed by atoms with E-state index in [9.17, 15) is 9.90 Å². The molecule has 1 atom stereocenters. The van der Waals surface area contributed by atoms with E-state index in [0.717, 1.165) is 21.5 Å². The average Bonchev–Trinajstić information content (AvgIpc) is 2.74. The summed E-state index contributed by atoms with van der Waals surface area (Å²) in [7, 11) is -1.16. The Balaban J connectivity index is 1.75. The number of hydrogen-bond donors (Lipinski definition) is 2. The lowest BCUT2D eigenvalue weighted by molar-refractivity contribution is -0.135. The summed E-state index contributed by atoms with van der Waals surface area (Å²) in [4.78, 5) is 16.7. The molecule has 1 aromatic heterocycles. The third-order valence-corrected chi connectivity index (χ3v) is 7.03. The van der Waals surface area contributed by atoms with E-state index in [4.69, 9.17) is 0 Å². The molecule has 4 aromatic rings. The molecule has 0 fully saturated rings. The molecular weight excluding hydrogens is 367 g/mol. The number of carbonyl (C=O) groups is 1. The van der Waals surface area contributed by atoms with Crippen LogP contribution < -0.4 is 15.9 Å². The maximum atomic E-state index is 12.3. The maximum Gasteiger partial charge on any atom is 0.331 e. The Kier molecular flexibility index (Phi) is 5.31. The number of fused-ring (bicyclic) bond motifs is 1. The molecule has 2 N–H and O–H groups in total. The molecule has 0 amide bonds. The van der Waals surface area contributed by atoms with Crippen LogP contribution in [0.2, 0.25) is 0 Å². The van der Waals surface area contributed by atoms with Crippen LogP contribution in [-0.2, 0) is 4.79 Å². The van der Waals surface area contributed by atoms with Crippen molar-refractivity contribution in [3.63, 3.8) is 0 Å². The van der Waals surface area contributed by atoms with Crippen LogP contribution in [-0.4, -0.2) is 21.8 Å². The number of nitrogens with one attached hydrogen (secondary N) is 1. The zero-order valence-corrected chi connectivity index (χ0v) is 16.0. The van der Waals surface area contributed by atoms with Gasteiger partial charge in [-0.05, 0) is 30.7 Å². The summed E-state index contributed by atoms with van der Waals surface area (Å²) in [5.41, 5.74) is 1.58. The number of benzene rings is 3. The summed E-state index contributed by atoms with van der Waals surface area (Å²) in [6.07, 6.45) is 1.70. The standard InChI is InChI=1S/C23H19N2O2P/c26-23(27)22(25-18-15-17-9-7-8-14-21(17)24-16-18)28(19-10-3-1-4-11-19)20-12-5-2-6-13-20/h1-16,22,25H,(H,26,27). The Morgan fingerprint density at radius 1 is 0.857 bits per heavy atom. The van der Waals surface area contributed by atoms with Crippen molar-refractivity contribution in [2.75, 3.05) is 5.32 Å². The number of nitrogens with zero attached hydrogens (tertiary/aromatic N) is 1. The largest absolute Gasteiger partial charge is 0.479 e. The Morgan fingerprint density at radius 3 is 2.04 bits per heavy atom. The molecule has 4 nitrogen and oxygen atoms in total. The monoisotopic (exact) mass is 386 g/mol. The summed E-state index contributed by atoms with van der Waals surface area (Å²) >= 11 is 0. The summed E-state index contributed by atoms with van der Waals surface area (Å²) in [6.45, 7) is 0. The Hall–Kier alpha value is -3.23. The topological polar surface area (TPSA) is 62.2 Å². The second kappa shape index (κ2) is 8.20. The predicted molar refractivity (Wildman–Crippen MR) is 116 cm³/mol. The first-order valence-electron chi connectivity index (χ1n) is 8.96. The highest BCUT2D eigenvalue weighted by Crippen LogP contribution is 2.40. The number of carboxylic acids is 1. The molecule has 1 unspecified atom stereocenters. The number of para-hydroxylation sites is 1. The number of carboxylic acid groups (broad SMARTS) is 1. The molecule has 0 bridgehead atoms. The molecule has 0 saturated heterocycles. The van der Waals surface area contributed by atoms with Gasteiger partial charge in [-0.25, -0.2) is 4.79 Å². The van der Waals surface area contributed by atoms with Crippen LogP contribution in [0.1, 0.15) is 0 Å². The minimum atomic E-state index is -1.16. The minimum absolute atomic E-state index is 0.700. The van der Waals surface area contributed by atoms with Gasteiger partial charge in [-0.2, -0.15) is 0 Å². The SMILES string of the molecule is O=C(O)C(Nc1cnc2ccccc2c1)P(c1ccccc1)c1ccccc1. The molecular formula is C23H19N2O2P. The van der Waals surface area contributed by atoms with Gasteiger partial charge in [-0.15, -0.1) is 0 Å². The lowest BCUT2D eigenvalue weighted by Gasteiger charge is -2.27. The van der Waals surface area contributed by atoms with Gasteiger partial charge in [0.05, 0.1) is 17.4 Å². The Labute approximate surface area is 164 Å². The molecule has 0 aliphatic heterocycles. The number of aliphatic carboxylic acids is 1. The van der Waals surface area contributed by atoms with Gasteiger partial charge < -0.3 is 10.4 Å². The van der Waals surface area contributed by atoms with Crippen molar-refractivity contribution in [3.8, 4) is 0 Å². The highest BCUT2D eigenvalue weighted by molar-refractivity contribution is 7.74. The molecule has 138 valence electrons. The van der Waals surface area contributed by atoms with Crippen molar-refractivity contribution in [2.24, 2.45) is 0 Å². The first kappa shape index (κ1) is 18.1. The van der Waals surface area contributed by atoms with Crippen molar-refractivity contribution in [1.82, 2.24) is 4.98 Å². The van der Waals surface area contributed by atoms with Gasteiger partial charge in [0.15, 0.2) is 5.78 Å². The van der Waals surface area contributed by atoms with Gasteiger partial charge in [0.1, 0.15) is 0 Å². The van der Waals surface area contributed by atoms with E-state index in [1.165, 1.54) is 0 Å². The first-order valence-corrected chi connectivity index (χ1v) is 10.4. The zero-order valence-electron chi connectivity index (χ0n) is 15.1. The highest BCUT2D eigenvalue weighted by Gasteiger charge is 2.30. The lowest BCUT2D eigenvalue weighted by atomic mass is 10.2. The van der Waals surface area contributed by atoms with Crippen LogP contribution in [0, 0.1) is 0 Å². The molecule has 5 heteroatoms. The van der Waals surface area contributed by atoms with E-state index in [2.05, 4.69) is 10.3 Å². The molecule has 3 aromatic carbocycles. The van der Waals surface area contributed by atoms with Gasteiger partial charge in [-0.1, -0.05) is 78.9 Å². The fourth-order valence-corrected chi connectivity index (χ4v) is 5.55. The summed E-state index contributed by atoms with van der Waals surface area (Å²) in [6, 6.07) is 29.4. The van der Waals surface area contributed by atoms with E-state index < -0.39 is 19.7 Å². The summed E-state index contributed by atoms with van der Waals surface area (Å²) < 4.78 is 0. The van der Waals surface area contributed by atoms with Crippen molar-refractivity contribution >= 4 is 41.1 Å². The molecule has 0 aliphatic rings. The van der Waals surface area contributed by atoms with Crippen molar-refractivity contribution < 1.29 is 9.90 Å². The smallest absolute Gasteiger partial charge is 0.331 e. The van der Waals surface area contributed by atoms with Crippen molar-refractivity contribution in [3.05, 3.63) is 97.2 Å². The minimum Gasteiger partial charge on any atom is -0.479 e. The maximum absolute atomic E-state index is 12.3. The number of anilines is 1. The number of aromatic nitrogens is 1. The molecule has 28 heavy (non-hydrogen) atoms.